The Balaban J connectivity index is 1.13. The predicted octanol–water partition coefficient (Wildman–Crippen LogP) is 7.95. The van der Waals surface area contributed by atoms with Crippen LogP contribution in [0.25, 0.3) is 0 Å². The monoisotopic (exact) mass is 882 g/mol. The van der Waals surface area contributed by atoms with Gasteiger partial charge < -0.3 is 52.8 Å². The largest absolute Gasteiger partial charge is 0.387 e. The summed E-state index contributed by atoms with van der Waals surface area (Å²) in [5.41, 5.74) is 5.66. The molecule has 2 fully saturated rings. The van der Waals surface area contributed by atoms with Crippen molar-refractivity contribution in [2.45, 2.75) is 101 Å². The summed E-state index contributed by atoms with van der Waals surface area (Å²) in [6, 6.07) is 58.8. The highest BCUT2D eigenvalue weighted by Crippen LogP contribution is 2.35. The molecular weight excluding hydrogens is 825 g/mol. The normalized spacial score (nSPS) is 25.6. The first-order valence-corrected chi connectivity index (χ1v) is 22.3. The smallest absolute Gasteiger partial charge is 0.187 e. The lowest BCUT2D eigenvalue weighted by molar-refractivity contribution is -0.372. The first kappa shape index (κ1) is 46.4. The van der Waals surface area contributed by atoms with Gasteiger partial charge in [0.1, 0.15) is 48.8 Å². The first-order chi connectivity index (χ1) is 32.1. The summed E-state index contributed by atoms with van der Waals surface area (Å²) in [4.78, 5) is 0. The molecule has 0 bridgehead atoms. The van der Waals surface area contributed by atoms with E-state index >= 15 is 0 Å². The van der Waals surface area contributed by atoms with E-state index in [2.05, 4.69) is 0 Å². The minimum absolute atomic E-state index is 0.0357. The second kappa shape index (κ2) is 24.4. The van der Waals surface area contributed by atoms with Crippen molar-refractivity contribution in [1.82, 2.24) is 0 Å². The Labute approximate surface area is 381 Å². The maximum Gasteiger partial charge on any atom is 0.187 e. The van der Waals surface area contributed by atoms with Gasteiger partial charge in [0.05, 0.1) is 52.9 Å². The zero-order valence-electron chi connectivity index (χ0n) is 36.3. The molecule has 6 aromatic carbocycles. The van der Waals surface area contributed by atoms with Crippen LogP contribution in [0, 0.1) is 0 Å². The summed E-state index contributed by atoms with van der Waals surface area (Å²) in [5.74, 6) is 0. The van der Waals surface area contributed by atoms with Gasteiger partial charge in [0.2, 0.25) is 0 Å². The molecule has 2 saturated heterocycles. The maximum absolute atomic E-state index is 12.3. The van der Waals surface area contributed by atoms with Gasteiger partial charge in [-0.1, -0.05) is 182 Å². The van der Waals surface area contributed by atoms with Crippen molar-refractivity contribution in [1.29, 1.82) is 0 Å². The van der Waals surface area contributed by atoms with Crippen LogP contribution in [-0.4, -0.2) is 84.8 Å². The molecule has 0 saturated carbocycles. The summed E-state index contributed by atoms with van der Waals surface area (Å²) in [7, 11) is 0. The van der Waals surface area contributed by atoms with Gasteiger partial charge in [0.15, 0.2) is 12.6 Å². The molecule has 0 spiro atoms. The number of aliphatic hydroxyl groups excluding tert-OH is 2. The van der Waals surface area contributed by atoms with E-state index in [4.69, 9.17) is 42.6 Å². The van der Waals surface area contributed by atoms with Crippen LogP contribution in [0.15, 0.2) is 182 Å². The van der Waals surface area contributed by atoms with E-state index in [0.29, 0.717) is 6.61 Å². The average Bonchev–Trinajstić information content (AvgIpc) is 3.35. The molecule has 6 aromatic rings. The molecule has 11 nitrogen and oxygen atoms in total. The molecular formula is C54H58O11. The highest BCUT2D eigenvalue weighted by atomic mass is 16.7. The van der Waals surface area contributed by atoms with Crippen LogP contribution in [-0.2, 0) is 82.3 Å². The minimum atomic E-state index is -1.50. The van der Waals surface area contributed by atoms with Gasteiger partial charge in [-0.25, -0.2) is 0 Å². The predicted molar refractivity (Wildman–Crippen MR) is 243 cm³/mol. The van der Waals surface area contributed by atoms with E-state index < -0.39 is 61.4 Å². The molecule has 0 unspecified atom stereocenters. The van der Waals surface area contributed by atoms with Gasteiger partial charge in [0, 0.05) is 0 Å². The number of hydrogen-bond donors (Lipinski definition) is 2. The fourth-order valence-electron chi connectivity index (χ4n) is 8.02. The quantitative estimate of drug-likeness (QED) is 0.0691. The highest BCUT2D eigenvalue weighted by Gasteiger charge is 2.53. The fraction of sp³-hybridized carbons (Fsp3) is 0.333. The van der Waals surface area contributed by atoms with Gasteiger partial charge in [-0.15, -0.1) is 0 Å². The summed E-state index contributed by atoms with van der Waals surface area (Å²) >= 11 is 0. The van der Waals surface area contributed by atoms with Gasteiger partial charge in [0.25, 0.3) is 0 Å². The Hall–Kier alpha value is -5.12. The summed E-state index contributed by atoms with van der Waals surface area (Å²) in [6.07, 6.45) is -10.5. The highest BCUT2D eigenvalue weighted by molar-refractivity contribution is 5.18. The second-order valence-electron chi connectivity index (χ2n) is 16.2. The molecule has 8 rings (SSSR count). The Bertz CT molecular complexity index is 2210. The van der Waals surface area contributed by atoms with Crippen LogP contribution in [0.4, 0.5) is 0 Å². The van der Waals surface area contributed by atoms with E-state index in [1.165, 1.54) is 0 Å². The number of ether oxygens (including phenoxy) is 9. The molecule has 11 heteroatoms. The molecule has 0 aromatic heterocycles. The molecule has 2 aliphatic heterocycles. The van der Waals surface area contributed by atoms with E-state index in [-0.39, 0.29) is 46.2 Å². The standard InChI is InChI=1S/C54H58O11/c55-47-45(37-57-31-39-19-7-1-8-20-39)63-53(56)51(61-35-43-27-15-5-16-28-43)49(47)65-54-52(62-36-44-29-17-6-18-30-44)50(60-34-42-25-13-4-14-26-42)48(59-33-41-23-11-3-12-24-41)46(64-54)38-58-32-40-21-9-2-10-22-40/h1-30,45-56H,31-38H2/t45-,46-,47+,48+,49+,50+,51-,52-,53-,54-/m1/s1. The summed E-state index contributed by atoms with van der Waals surface area (Å²) in [5, 5.41) is 23.9. The van der Waals surface area contributed by atoms with E-state index in [0.717, 1.165) is 33.4 Å². The van der Waals surface area contributed by atoms with Crippen molar-refractivity contribution in [3.63, 3.8) is 0 Å². The van der Waals surface area contributed by atoms with Gasteiger partial charge >= 0.3 is 0 Å². The van der Waals surface area contributed by atoms with Crippen LogP contribution in [0.2, 0.25) is 0 Å². The van der Waals surface area contributed by atoms with Crippen LogP contribution in [0.1, 0.15) is 33.4 Å². The third kappa shape index (κ3) is 13.5. The molecule has 2 heterocycles. The zero-order chi connectivity index (χ0) is 44.5. The second-order valence-corrected chi connectivity index (χ2v) is 16.2. The third-order valence-electron chi connectivity index (χ3n) is 11.4. The van der Waals surface area contributed by atoms with Crippen LogP contribution in [0.5, 0.6) is 0 Å². The Morgan fingerprint density at radius 3 is 1.09 bits per heavy atom. The number of aliphatic hydroxyl groups is 2. The lowest BCUT2D eigenvalue weighted by atomic mass is 9.96. The van der Waals surface area contributed by atoms with Crippen molar-refractivity contribution in [2.75, 3.05) is 13.2 Å². The van der Waals surface area contributed by atoms with Crippen molar-refractivity contribution in [2.24, 2.45) is 0 Å². The summed E-state index contributed by atoms with van der Waals surface area (Å²) in [6.45, 7) is 1.46. The Kier molecular flexibility index (Phi) is 17.4. The van der Waals surface area contributed by atoms with Crippen molar-refractivity contribution in [3.05, 3.63) is 215 Å². The zero-order valence-corrected chi connectivity index (χ0v) is 36.3. The number of rotatable bonds is 22. The molecule has 65 heavy (non-hydrogen) atoms. The SMILES string of the molecule is O[C@@H]1[C@H](O[C@H]2O[C@H](COCc3ccccc3)[C@H](OCc3ccccc3)[C@H](OCc3ccccc3)[C@H]2OCc2ccccc2)[C@@H](OCc2ccccc2)[C@H](O)O[C@@H]1COCc1ccccc1. The topological polar surface area (TPSA) is 124 Å². The minimum Gasteiger partial charge on any atom is -0.387 e. The molecule has 10 atom stereocenters. The molecule has 0 amide bonds. The first-order valence-electron chi connectivity index (χ1n) is 22.3. The average molecular weight is 883 g/mol. The lowest BCUT2D eigenvalue weighted by Crippen LogP contribution is -2.66. The van der Waals surface area contributed by atoms with Gasteiger partial charge in [-0.05, 0) is 33.4 Å². The number of hydrogen-bond acceptors (Lipinski definition) is 11. The maximum atomic E-state index is 12.3. The van der Waals surface area contributed by atoms with E-state index in [1.54, 1.807) is 0 Å². The van der Waals surface area contributed by atoms with Crippen molar-refractivity contribution < 1.29 is 52.8 Å². The molecule has 2 N–H and O–H groups in total. The van der Waals surface area contributed by atoms with Gasteiger partial charge in [-0.3, -0.25) is 0 Å². The van der Waals surface area contributed by atoms with E-state index in [1.807, 2.05) is 182 Å². The van der Waals surface area contributed by atoms with Crippen LogP contribution < -0.4 is 0 Å². The van der Waals surface area contributed by atoms with Crippen molar-refractivity contribution in [3.8, 4) is 0 Å². The Morgan fingerprint density at radius 2 is 0.677 bits per heavy atom. The Morgan fingerprint density at radius 1 is 0.338 bits per heavy atom. The third-order valence-corrected chi connectivity index (χ3v) is 11.4. The van der Waals surface area contributed by atoms with Crippen LogP contribution in [0.3, 0.4) is 0 Å². The summed E-state index contributed by atoms with van der Waals surface area (Å²) < 4.78 is 59.5. The molecule has 0 radical (unpaired) electrons. The fourth-order valence-corrected chi connectivity index (χ4v) is 8.02. The van der Waals surface area contributed by atoms with E-state index in [9.17, 15) is 10.2 Å². The molecule has 2 aliphatic rings. The number of benzene rings is 6. The van der Waals surface area contributed by atoms with Gasteiger partial charge in [-0.2, -0.15) is 0 Å². The lowest BCUT2D eigenvalue weighted by Gasteiger charge is -2.49. The molecule has 340 valence electrons. The molecule has 0 aliphatic carbocycles. The van der Waals surface area contributed by atoms with Crippen molar-refractivity contribution >= 4 is 0 Å². The van der Waals surface area contributed by atoms with Crippen LogP contribution >= 0.6 is 0 Å².